The summed E-state index contributed by atoms with van der Waals surface area (Å²) in [5, 5.41) is 15.2. The second kappa shape index (κ2) is 8.42. The van der Waals surface area contributed by atoms with E-state index in [1.807, 2.05) is 68.5 Å². The SMILES string of the molecule is CCN=c1ccc2c(C3(CC)C=CC=CC3C(=O)O)c3ccc(NCC)cc3oc-2c1. The molecule has 4 rings (SSSR count). The number of fused-ring (bicyclic) bond motifs is 2. The van der Waals surface area contributed by atoms with E-state index in [9.17, 15) is 9.90 Å². The average Bonchev–Trinajstić information content (AvgIpc) is 2.77. The highest BCUT2D eigenvalue weighted by Crippen LogP contribution is 2.48. The highest BCUT2D eigenvalue weighted by atomic mass is 16.4. The lowest BCUT2D eigenvalue weighted by Crippen LogP contribution is -2.38. The van der Waals surface area contributed by atoms with Gasteiger partial charge in [-0.05, 0) is 50.1 Å². The van der Waals surface area contributed by atoms with E-state index in [4.69, 9.17) is 4.42 Å². The molecule has 2 aliphatic carbocycles. The van der Waals surface area contributed by atoms with Gasteiger partial charge in [-0.2, -0.15) is 0 Å². The van der Waals surface area contributed by atoms with Crippen LogP contribution in [0.15, 0.2) is 70.1 Å². The number of carboxylic acids is 1. The number of hydrogen-bond donors (Lipinski definition) is 2. The number of nitrogens with one attached hydrogen (secondary N) is 1. The summed E-state index contributed by atoms with van der Waals surface area (Å²) in [5.74, 6) is -0.776. The highest BCUT2D eigenvalue weighted by molar-refractivity contribution is 5.93. The number of carbonyl (C=O) groups is 1. The van der Waals surface area contributed by atoms with E-state index in [1.165, 1.54) is 0 Å². The van der Waals surface area contributed by atoms with E-state index in [1.54, 1.807) is 6.08 Å². The molecule has 1 heterocycles. The number of aliphatic carboxylic acids is 1. The maximum Gasteiger partial charge on any atom is 0.311 e. The van der Waals surface area contributed by atoms with Crippen molar-refractivity contribution in [2.24, 2.45) is 10.9 Å². The summed E-state index contributed by atoms with van der Waals surface area (Å²) in [6.07, 6.45) is 8.27. The standard InChI is InChI=1S/C26H28N2O3/c1-4-26(14-8-7-9-21(26)25(29)30)24-19-12-10-17(27-5-2)15-22(19)31-23-16-18(28-6-3)11-13-20(23)24/h7-16,21,27H,4-6H2,1-3H3,(H,29,30). The first-order valence-electron chi connectivity index (χ1n) is 10.9. The molecule has 0 amide bonds. The largest absolute Gasteiger partial charge is 0.481 e. The lowest BCUT2D eigenvalue weighted by Gasteiger charge is -2.38. The number of rotatable bonds is 6. The molecule has 5 nitrogen and oxygen atoms in total. The highest BCUT2D eigenvalue weighted by Gasteiger charge is 2.44. The van der Waals surface area contributed by atoms with E-state index in [0.717, 1.165) is 39.7 Å². The Kier molecular flexibility index (Phi) is 5.68. The van der Waals surface area contributed by atoms with Crippen molar-refractivity contribution in [3.05, 3.63) is 71.6 Å². The fourth-order valence-corrected chi connectivity index (χ4v) is 4.71. The predicted molar refractivity (Wildman–Crippen MR) is 124 cm³/mol. The second-order valence-corrected chi connectivity index (χ2v) is 7.83. The molecule has 0 aromatic heterocycles. The minimum atomic E-state index is -0.827. The van der Waals surface area contributed by atoms with Gasteiger partial charge in [-0.25, -0.2) is 0 Å². The van der Waals surface area contributed by atoms with Gasteiger partial charge in [-0.3, -0.25) is 9.79 Å². The molecule has 0 spiro atoms. The Morgan fingerprint density at radius 3 is 2.71 bits per heavy atom. The van der Waals surface area contributed by atoms with Gasteiger partial charge in [-0.1, -0.05) is 31.2 Å². The summed E-state index contributed by atoms with van der Waals surface area (Å²) >= 11 is 0. The smallest absolute Gasteiger partial charge is 0.311 e. The Morgan fingerprint density at radius 2 is 2.00 bits per heavy atom. The third kappa shape index (κ3) is 3.54. The van der Waals surface area contributed by atoms with Gasteiger partial charge >= 0.3 is 5.97 Å². The predicted octanol–water partition coefficient (Wildman–Crippen LogP) is 5.36. The molecule has 1 aromatic carbocycles. The van der Waals surface area contributed by atoms with Gasteiger partial charge in [0, 0.05) is 47.3 Å². The van der Waals surface area contributed by atoms with Gasteiger partial charge < -0.3 is 14.8 Å². The monoisotopic (exact) mass is 416 g/mol. The van der Waals surface area contributed by atoms with Crippen molar-refractivity contribution in [3.8, 4) is 11.3 Å². The van der Waals surface area contributed by atoms with Crippen LogP contribution in [0.2, 0.25) is 0 Å². The Balaban J connectivity index is 2.12. The van der Waals surface area contributed by atoms with Crippen molar-refractivity contribution < 1.29 is 14.3 Å². The quantitative estimate of drug-likeness (QED) is 0.530. The van der Waals surface area contributed by atoms with Crippen LogP contribution >= 0.6 is 0 Å². The lowest BCUT2D eigenvalue weighted by molar-refractivity contribution is -0.141. The molecule has 0 radical (unpaired) electrons. The molecular formula is C26H28N2O3. The number of anilines is 1. The zero-order valence-electron chi connectivity index (χ0n) is 18.2. The minimum Gasteiger partial charge on any atom is -0.481 e. The van der Waals surface area contributed by atoms with Crippen LogP contribution in [0, 0.1) is 5.92 Å². The molecule has 31 heavy (non-hydrogen) atoms. The number of allylic oxidation sites excluding steroid dienone is 3. The Hall–Kier alpha value is -3.34. The molecular weight excluding hydrogens is 388 g/mol. The summed E-state index contributed by atoms with van der Waals surface area (Å²) in [5.41, 5.74) is 2.93. The van der Waals surface area contributed by atoms with Crippen molar-refractivity contribution in [2.75, 3.05) is 18.4 Å². The Morgan fingerprint density at radius 1 is 1.16 bits per heavy atom. The summed E-state index contributed by atoms with van der Waals surface area (Å²) in [6, 6.07) is 12.0. The molecule has 0 bridgehead atoms. The molecule has 160 valence electrons. The van der Waals surface area contributed by atoms with Crippen molar-refractivity contribution >= 4 is 22.6 Å². The van der Waals surface area contributed by atoms with Crippen molar-refractivity contribution in [2.45, 2.75) is 32.6 Å². The van der Waals surface area contributed by atoms with Crippen LogP contribution in [0.25, 0.3) is 22.3 Å². The zero-order chi connectivity index (χ0) is 22.0. The van der Waals surface area contributed by atoms with Crippen molar-refractivity contribution in [3.63, 3.8) is 0 Å². The van der Waals surface area contributed by atoms with E-state index in [-0.39, 0.29) is 0 Å². The Bertz CT molecular complexity index is 1220. The molecule has 1 aliphatic heterocycles. The third-order valence-corrected chi connectivity index (χ3v) is 6.11. The lowest BCUT2D eigenvalue weighted by atomic mass is 9.64. The second-order valence-electron chi connectivity index (χ2n) is 7.83. The topological polar surface area (TPSA) is 74.8 Å². The first-order valence-corrected chi connectivity index (χ1v) is 10.9. The Labute approximate surface area is 182 Å². The molecule has 1 aromatic rings. The summed E-state index contributed by atoms with van der Waals surface area (Å²) in [4.78, 5) is 16.8. The van der Waals surface area contributed by atoms with Gasteiger partial charge in [0.25, 0.3) is 0 Å². The minimum absolute atomic E-state index is 0.648. The van der Waals surface area contributed by atoms with Crippen LogP contribution in [-0.4, -0.2) is 24.2 Å². The number of nitrogens with zero attached hydrogens (tertiary/aromatic N) is 1. The van der Waals surface area contributed by atoms with Gasteiger partial charge in [0.15, 0.2) is 0 Å². The van der Waals surface area contributed by atoms with Crippen LogP contribution in [0.4, 0.5) is 5.69 Å². The van der Waals surface area contributed by atoms with Crippen LogP contribution in [-0.2, 0) is 10.2 Å². The summed E-state index contributed by atoms with van der Waals surface area (Å²) in [7, 11) is 0. The van der Waals surface area contributed by atoms with Gasteiger partial charge in [-0.15, -0.1) is 0 Å². The average molecular weight is 417 g/mol. The first kappa shape index (κ1) is 20.9. The molecule has 2 atom stereocenters. The van der Waals surface area contributed by atoms with Crippen molar-refractivity contribution in [1.82, 2.24) is 0 Å². The summed E-state index contributed by atoms with van der Waals surface area (Å²) < 4.78 is 6.35. The molecule has 2 N–H and O–H groups in total. The molecule has 0 fully saturated rings. The number of benzene rings is 2. The molecule has 3 aliphatic rings. The van der Waals surface area contributed by atoms with Crippen molar-refractivity contribution in [1.29, 1.82) is 0 Å². The van der Waals surface area contributed by atoms with E-state index in [2.05, 4.69) is 17.2 Å². The van der Waals surface area contributed by atoms with Crippen LogP contribution in [0.5, 0.6) is 0 Å². The first-order chi connectivity index (χ1) is 15.0. The third-order valence-electron chi connectivity index (χ3n) is 6.11. The normalized spacial score (nSPS) is 21.1. The molecule has 2 unspecified atom stereocenters. The zero-order valence-corrected chi connectivity index (χ0v) is 18.2. The fraction of sp³-hybridized carbons (Fsp3) is 0.308. The molecule has 0 saturated carbocycles. The maximum atomic E-state index is 12.3. The summed E-state index contributed by atoms with van der Waals surface area (Å²) in [6.45, 7) is 7.59. The van der Waals surface area contributed by atoms with Gasteiger partial charge in [0.2, 0.25) is 0 Å². The molecule has 0 saturated heterocycles. The van der Waals surface area contributed by atoms with Crippen LogP contribution < -0.4 is 10.7 Å². The molecule has 5 heteroatoms. The van der Waals surface area contributed by atoms with E-state index < -0.39 is 17.3 Å². The van der Waals surface area contributed by atoms with Gasteiger partial charge in [0.1, 0.15) is 11.3 Å². The maximum absolute atomic E-state index is 12.3. The van der Waals surface area contributed by atoms with E-state index in [0.29, 0.717) is 18.7 Å². The van der Waals surface area contributed by atoms with Crippen LogP contribution in [0.3, 0.4) is 0 Å². The van der Waals surface area contributed by atoms with Gasteiger partial charge in [0.05, 0.1) is 11.3 Å². The number of carboxylic acid groups (broad SMARTS) is 1. The number of hydrogen-bond acceptors (Lipinski definition) is 4. The van der Waals surface area contributed by atoms with E-state index >= 15 is 0 Å². The van der Waals surface area contributed by atoms with Crippen LogP contribution in [0.1, 0.15) is 32.8 Å². The fourth-order valence-electron chi connectivity index (χ4n) is 4.71.